The van der Waals surface area contributed by atoms with Gasteiger partial charge in [-0.1, -0.05) is 11.6 Å². The number of carbonyl (C=O) groups excluding carboxylic acids is 3. The highest BCUT2D eigenvalue weighted by atomic mass is 35.5. The van der Waals surface area contributed by atoms with E-state index in [1.54, 1.807) is 6.92 Å². The zero-order chi connectivity index (χ0) is 18.1. The van der Waals surface area contributed by atoms with E-state index in [0.29, 0.717) is 12.1 Å². The Bertz CT molecular complexity index is 662. The standard InChI is InChI=1S/C14H16ClN3O6/c1-3-16-13(21)14(22)18-17-6-8-4-9(15)12(10(5-8)23-2)24-7-11(19)20/h4-6H,3,7H2,1-2H3,(H,16,21)(H,18,22)(H,19,20)/p-1/b17-6-. The van der Waals surface area contributed by atoms with Crippen LogP contribution >= 0.6 is 11.6 Å². The lowest BCUT2D eigenvalue weighted by atomic mass is 10.2. The Balaban J connectivity index is 2.84. The molecular formula is C14H15ClN3O6-. The second-order valence-corrected chi connectivity index (χ2v) is 4.66. The molecule has 0 aliphatic rings. The number of methoxy groups -OCH3 is 1. The molecule has 1 aromatic rings. The molecule has 0 aromatic heterocycles. The van der Waals surface area contributed by atoms with Gasteiger partial charge < -0.3 is 24.7 Å². The predicted molar refractivity (Wildman–Crippen MR) is 82.9 cm³/mol. The molecule has 0 unspecified atom stereocenters. The summed E-state index contributed by atoms with van der Waals surface area (Å²) >= 11 is 6.00. The van der Waals surface area contributed by atoms with Gasteiger partial charge in [0.15, 0.2) is 11.5 Å². The van der Waals surface area contributed by atoms with Gasteiger partial charge in [0.05, 0.1) is 24.3 Å². The van der Waals surface area contributed by atoms with Crippen LogP contribution in [0.1, 0.15) is 12.5 Å². The second kappa shape index (κ2) is 9.36. The van der Waals surface area contributed by atoms with E-state index in [4.69, 9.17) is 21.1 Å². The number of ether oxygens (including phenoxy) is 2. The molecule has 9 nitrogen and oxygen atoms in total. The van der Waals surface area contributed by atoms with Crippen molar-refractivity contribution in [3.05, 3.63) is 22.7 Å². The summed E-state index contributed by atoms with van der Waals surface area (Å²) in [6, 6.07) is 2.87. The minimum atomic E-state index is -1.41. The molecule has 0 radical (unpaired) electrons. The minimum Gasteiger partial charge on any atom is -0.546 e. The highest BCUT2D eigenvalue weighted by Crippen LogP contribution is 2.35. The normalized spacial score (nSPS) is 10.3. The fourth-order valence-corrected chi connectivity index (χ4v) is 1.82. The van der Waals surface area contributed by atoms with E-state index in [1.807, 2.05) is 5.43 Å². The summed E-state index contributed by atoms with van der Waals surface area (Å²) in [4.78, 5) is 33.0. The number of amides is 2. The van der Waals surface area contributed by atoms with Crippen molar-refractivity contribution in [3.63, 3.8) is 0 Å². The average molecular weight is 357 g/mol. The van der Waals surface area contributed by atoms with Crippen LogP contribution in [0.3, 0.4) is 0 Å². The lowest BCUT2D eigenvalue weighted by Gasteiger charge is -2.13. The van der Waals surface area contributed by atoms with Crippen molar-refractivity contribution in [2.75, 3.05) is 20.3 Å². The first-order valence-corrected chi connectivity index (χ1v) is 7.08. The van der Waals surface area contributed by atoms with E-state index >= 15 is 0 Å². The molecule has 130 valence electrons. The third kappa shape index (κ3) is 5.76. The average Bonchev–Trinajstić information content (AvgIpc) is 2.53. The molecule has 24 heavy (non-hydrogen) atoms. The highest BCUT2D eigenvalue weighted by molar-refractivity contribution is 6.35. The zero-order valence-electron chi connectivity index (χ0n) is 12.9. The number of nitrogens with zero attached hydrogens (tertiary/aromatic N) is 1. The maximum Gasteiger partial charge on any atom is 0.329 e. The van der Waals surface area contributed by atoms with Crippen LogP contribution in [0.4, 0.5) is 0 Å². The van der Waals surface area contributed by atoms with Crippen LogP contribution in [0.15, 0.2) is 17.2 Å². The smallest absolute Gasteiger partial charge is 0.329 e. The van der Waals surface area contributed by atoms with E-state index in [-0.39, 0.29) is 16.5 Å². The Morgan fingerprint density at radius 1 is 1.33 bits per heavy atom. The minimum absolute atomic E-state index is 0.0341. The second-order valence-electron chi connectivity index (χ2n) is 4.25. The van der Waals surface area contributed by atoms with Gasteiger partial charge in [-0.25, -0.2) is 5.43 Å². The van der Waals surface area contributed by atoms with Crippen molar-refractivity contribution in [1.29, 1.82) is 0 Å². The van der Waals surface area contributed by atoms with E-state index in [9.17, 15) is 19.5 Å². The third-order valence-electron chi connectivity index (χ3n) is 2.51. The Kier molecular flexibility index (Phi) is 7.50. The number of carboxylic acids is 1. The molecule has 2 amide bonds. The molecule has 0 fully saturated rings. The van der Waals surface area contributed by atoms with Crippen molar-refractivity contribution < 1.29 is 29.0 Å². The Morgan fingerprint density at radius 2 is 2.04 bits per heavy atom. The van der Waals surface area contributed by atoms with Crippen molar-refractivity contribution >= 4 is 35.6 Å². The number of nitrogens with one attached hydrogen (secondary N) is 2. The van der Waals surface area contributed by atoms with Gasteiger partial charge in [0.25, 0.3) is 0 Å². The van der Waals surface area contributed by atoms with E-state index in [0.717, 1.165) is 0 Å². The summed E-state index contributed by atoms with van der Waals surface area (Å²) in [6.45, 7) is 1.30. The van der Waals surface area contributed by atoms with E-state index in [2.05, 4.69) is 10.4 Å². The summed E-state index contributed by atoms with van der Waals surface area (Å²) < 4.78 is 10.1. The number of hydrogen-bond acceptors (Lipinski definition) is 7. The van der Waals surface area contributed by atoms with E-state index < -0.39 is 24.4 Å². The first-order valence-electron chi connectivity index (χ1n) is 6.70. The topological polar surface area (TPSA) is 129 Å². The third-order valence-corrected chi connectivity index (χ3v) is 2.79. The summed E-state index contributed by atoms with van der Waals surface area (Å²) in [7, 11) is 1.34. The summed E-state index contributed by atoms with van der Waals surface area (Å²) in [5.74, 6) is -2.93. The van der Waals surface area contributed by atoms with Crippen LogP contribution in [-0.2, 0) is 14.4 Å². The molecule has 0 aliphatic carbocycles. The number of carbonyl (C=O) groups is 3. The molecule has 0 saturated carbocycles. The molecule has 0 atom stereocenters. The zero-order valence-corrected chi connectivity index (χ0v) is 13.7. The van der Waals surface area contributed by atoms with Crippen molar-refractivity contribution in [2.45, 2.75) is 6.92 Å². The first kappa shape index (κ1) is 19.2. The van der Waals surface area contributed by atoms with Gasteiger partial charge >= 0.3 is 11.8 Å². The van der Waals surface area contributed by atoms with Gasteiger partial charge in [-0.2, -0.15) is 5.10 Å². The van der Waals surface area contributed by atoms with Crippen LogP contribution < -0.4 is 25.3 Å². The molecule has 0 spiro atoms. The van der Waals surface area contributed by atoms with Gasteiger partial charge in [-0.05, 0) is 24.6 Å². The number of rotatable bonds is 7. The fraction of sp³-hybridized carbons (Fsp3) is 0.286. The molecule has 0 bridgehead atoms. The fourth-order valence-electron chi connectivity index (χ4n) is 1.54. The molecule has 10 heteroatoms. The lowest BCUT2D eigenvalue weighted by molar-refractivity contribution is -0.307. The molecule has 2 N–H and O–H groups in total. The number of likely N-dealkylation sites (N-methyl/N-ethyl adjacent to an activating group) is 1. The van der Waals surface area contributed by atoms with Crippen LogP contribution in [0.2, 0.25) is 5.02 Å². The number of hydrazone groups is 1. The van der Waals surface area contributed by atoms with Crippen molar-refractivity contribution in [3.8, 4) is 11.5 Å². The maximum absolute atomic E-state index is 11.3. The number of halogens is 1. The predicted octanol–water partition coefficient (Wildman–Crippen LogP) is -0.936. The monoisotopic (exact) mass is 356 g/mol. The molecule has 0 saturated heterocycles. The Morgan fingerprint density at radius 3 is 2.62 bits per heavy atom. The van der Waals surface area contributed by atoms with Crippen molar-refractivity contribution in [2.24, 2.45) is 5.10 Å². The van der Waals surface area contributed by atoms with Gasteiger partial charge in [-0.3, -0.25) is 9.59 Å². The summed E-state index contributed by atoms with van der Waals surface area (Å²) in [5.41, 5.74) is 2.47. The first-order chi connectivity index (χ1) is 11.4. The van der Waals surface area contributed by atoms with Crippen LogP contribution in [0.5, 0.6) is 11.5 Å². The Labute approximate surface area is 142 Å². The van der Waals surface area contributed by atoms with Crippen LogP contribution in [-0.4, -0.2) is 44.3 Å². The van der Waals surface area contributed by atoms with E-state index in [1.165, 1.54) is 25.5 Å². The van der Waals surface area contributed by atoms with Gasteiger partial charge in [-0.15, -0.1) is 0 Å². The number of carboxylic acid groups (broad SMARTS) is 1. The maximum atomic E-state index is 11.3. The highest BCUT2D eigenvalue weighted by Gasteiger charge is 2.13. The quantitative estimate of drug-likeness (QED) is 0.368. The SMILES string of the molecule is CCNC(=O)C(=O)N/N=C\c1cc(Cl)c(OCC(=O)[O-])c(OC)c1. The molecule has 0 aliphatic heterocycles. The summed E-state index contributed by atoms with van der Waals surface area (Å²) in [6.07, 6.45) is 1.23. The number of benzene rings is 1. The van der Waals surface area contributed by atoms with Crippen LogP contribution in [0, 0.1) is 0 Å². The van der Waals surface area contributed by atoms with Gasteiger partial charge in [0.1, 0.15) is 6.61 Å². The Hall–Kier alpha value is -2.81. The summed E-state index contributed by atoms with van der Waals surface area (Å²) in [5, 5.41) is 16.5. The largest absolute Gasteiger partial charge is 0.546 e. The van der Waals surface area contributed by atoms with Crippen LogP contribution in [0.25, 0.3) is 0 Å². The van der Waals surface area contributed by atoms with Gasteiger partial charge in [0.2, 0.25) is 0 Å². The molecule has 1 aromatic carbocycles. The molecular weight excluding hydrogens is 342 g/mol. The molecule has 0 heterocycles. The lowest BCUT2D eigenvalue weighted by Crippen LogP contribution is -2.37. The van der Waals surface area contributed by atoms with Gasteiger partial charge in [0, 0.05) is 6.54 Å². The number of aliphatic carboxylic acids is 1. The van der Waals surface area contributed by atoms with Crippen molar-refractivity contribution in [1.82, 2.24) is 10.7 Å². The number of hydrogen-bond donors (Lipinski definition) is 2. The molecule has 1 rings (SSSR count).